The molecule has 7 heteroatoms. The van der Waals surface area contributed by atoms with Crippen LogP contribution in [0.2, 0.25) is 0 Å². The Morgan fingerprint density at radius 2 is 2.04 bits per heavy atom. The smallest absolute Gasteiger partial charge is 0.240 e. The van der Waals surface area contributed by atoms with E-state index in [4.69, 9.17) is 15.7 Å². The molecule has 3 fully saturated rings. The summed E-state index contributed by atoms with van der Waals surface area (Å²) < 4.78 is 19.2. The molecule has 3 saturated heterocycles. The number of alkyl halides is 1. The summed E-state index contributed by atoms with van der Waals surface area (Å²) >= 11 is 0. The molecule has 3 aliphatic heterocycles. The molecule has 6 nitrogen and oxygen atoms in total. The summed E-state index contributed by atoms with van der Waals surface area (Å²) in [4.78, 5) is 27.2. The highest BCUT2D eigenvalue weighted by molar-refractivity contribution is 6.23. The lowest BCUT2D eigenvalue weighted by atomic mass is 9.67. The number of nitriles is 1. The largest absolute Gasteiger partial charge is 0.366 e. The molecule has 1 aromatic carbocycles. The number of carbonyl (C=O) groups excluding carboxylic acids is 2. The Morgan fingerprint density at radius 1 is 1.36 bits per heavy atom. The van der Waals surface area contributed by atoms with Crippen LogP contribution < -0.4 is 10.6 Å². The number of nitrogens with two attached hydrogens (primary N) is 1. The molecule has 4 rings (SSSR count). The van der Waals surface area contributed by atoms with E-state index < -0.39 is 29.7 Å². The first-order chi connectivity index (χ1) is 11.8. The first-order valence-corrected chi connectivity index (χ1v) is 8.19. The van der Waals surface area contributed by atoms with Gasteiger partial charge >= 0.3 is 0 Å². The number of imide groups is 1. The van der Waals surface area contributed by atoms with Crippen LogP contribution in [0.3, 0.4) is 0 Å². The summed E-state index contributed by atoms with van der Waals surface area (Å²) in [6, 6.07) is 5.91. The summed E-state index contributed by atoms with van der Waals surface area (Å²) in [5.74, 6) is -1.94. The molecule has 5 atom stereocenters. The van der Waals surface area contributed by atoms with Crippen LogP contribution >= 0.6 is 0 Å². The van der Waals surface area contributed by atoms with Crippen LogP contribution in [0.5, 0.6) is 0 Å². The Morgan fingerprint density at radius 3 is 2.68 bits per heavy atom. The third-order valence-electron chi connectivity index (χ3n) is 6.01. The number of fused-ring (bicyclic) bond motifs is 5. The van der Waals surface area contributed by atoms with Crippen LogP contribution in [0.1, 0.15) is 31.4 Å². The number of hydrogen-bond acceptors (Lipinski definition) is 5. The Labute approximate surface area is 144 Å². The van der Waals surface area contributed by atoms with Crippen LogP contribution in [0.15, 0.2) is 18.2 Å². The fraction of sp³-hybridized carbons (Fsp3) is 0.500. The molecule has 0 aliphatic carbocycles. The van der Waals surface area contributed by atoms with Gasteiger partial charge in [-0.25, -0.2) is 9.29 Å². The first-order valence-electron chi connectivity index (χ1n) is 8.19. The lowest BCUT2D eigenvalue weighted by Crippen LogP contribution is -2.53. The molecule has 2 N–H and O–H groups in total. The van der Waals surface area contributed by atoms with Crippen LogP contribution in [0.4, 0.5) is 10.1 Å². The Kier molecular flexibility index (Phi) is 3.15. The standard InChI is InChI=1S/C18H18FN3O3/c1-17-6-12(21)18(2,25-17)14-13(17)15(23)22(16(14)24)11-4-3-9(8-20)10(5-11)7-19/h3-5,12-14H,6-7,21H2,1-2H3/t12-,13-,14+,17?,18?/m1/s1. The molecule has 2 bridgehead atoms. The summed E-state index contributed by atoms with van der Waals surface area (Å²) in [5.41, 5.74) is 5.17. The van der Waals surface area contributed by atoms with E-state index in [-0.39, 0.29) is 34.7 Å². The molecule has 3 heterocycles. The van der Waals surface area contributed by atoms with E-state index in [0.717, 1.165) is 4.90 Å². The van der Waals surface area contributed by atoms with E-state index >= 15 is 0 Å². The minimum absolute atomic E-state index is 0.158. The Bertz CT molecular complexity index is 850. The third-order valence-corrected chi connectivity index (χ3v) is 6.01. The van der Waals surface area contributed by atoms with Crippen molar-refractivity contribution in [2.24, 2.45) is 17.6 Å². The van der Waals surface area contributed by atoms with Gasteiger partial charge in [-0.05, 0) is 38.5 Å². The third kappa shape index (κ3) is 1.84. The van der Waals surface area contributed by atoms with Gasteiger partial charge in [0.25, 0.3) is 0 Å². The van der Waals surface area contributed by atoms with Gasteiger partial charge in [0.2, 0.25) is 11.8 Å². The van der Waals surface area contributed by atoms with Crippen molar-refractivity contribution in [2.75, 3.05) is 4.90 Å². The van der Waals surface area contributed by atoms with E-state index in [2.05, 4.69) is 0 Å². The minimum Gasteiger partial charge on any atom is -0.366 e. The normalized spacial score (nSPS) is 39.0. The number of halogens is 1. The molecule has 25 heavy (non-hydrogen) atoms. The number of hydrogen-bond donors (Lipinski definition) is 1. The van der Waals surface area contributed by atoms with E-state index in [1.165, 1.54) is 18.2 Å². The number of benzene rings is 1. The van der Waals surface area contributed by atoms with Gasteiger partial charge in [-0.2, -0.15) is 5.26 Å². The van der Waals surface area contributed by atoms with Gasteiger partial charge in [-0.15, -0.1) is 0 Å². The number of rotatable bonds is 2. The molecule has 130 valence electrons. The zero-order chi connectivity index (χ0) is 18.1. The average Bonchev–Trinajstić information content (AvgIpc) is 3.08. The molecule has 2 amide bonds. The fourth-order valence-corrected chi connectivity index (χ4v) is 4.80. The van der Waals surface area contributed by atoms with Crippen molar-refractivity contribution in [1.82, 2.24) is 0 Å². The van der Waals surface area contributed by atoms with E-state index in [1.54, 1.807) is 6.92 Å². The van der Waals surface area contributed by atoms with Crippen LogP contribution in [-0.2, 0) is 21.0 Å². The van der Waals surface area contributed by atoms with Crippen molar-refractivity contribution in [3.05, 3.63) is 29.3 Å². The molecule has 2 unspecified atom stereocenters. The zero-order valence-electron chi connectivity index (χ0n) is 14.0. The Hall–Kier alpha value is -2.30. The Balaban J connectivity index is 1.79. The summed E-state index contributed by atoms with van der Waals surface area (Å²) in [6.07, 6.45) is 0.515. The number of ether oxygens (including phenoxy) is 1. The first kappa shape index (κ1) is 16.2. The predicted octanol–water partition coefficient (Wildman–Crippen LogP) is 1.41. The zero-order valence-corrected chi connectivity index (χ0v) is 14.0. The van der Waals surface area contributed by atoms with Crippen molar-refractivity contribution in [3.8, 4) is 6.07 Å². The second-order valence-electron chi connectivity index (χ2n) is 7.46. The molecule has 0 saturated carbocycles. The van der Waals surface area contributed by atoms with E-state index in [0.29, 0.717) is 6.42 Å². The van der Waals surface area contributed by atoms with Gasteiger partial charge in [-0.3, -0.25) is 9.59 Å². The van der Waals surface area contributed by atoms with Crippen LogP contribution in [0, 0.1) is 23.2 Å². The number of carbonyl (C=O) groups is 2. The molecular formula is C18H18FN3O3. The predicted molar refractivity (Wildman–Crippen MR) is 85.9 cm³/mol. The van der Waals surface area contributed by atoms with Crippen molar-refractivity contribution >= 4 is 17.5 Å². The van der Waals surface area contributed by atoms with E-state index in [9.17, 15) is 14.0 Å². The number of nitrogens with zero attached hydrogens (tertiary/aromatic N) is 2. The molecular weight excluding hydrogens is 325 g/mol. The topological polar surface area (TPSA) is 96.4 Å². The molecule has 0 spiro atoms. The SMILES string of the molecule is CC12C[C@@H](N)C(C)(O1)[C@@H]1C(=O)N(c3ccc(C#N)c(CF)c3)C(=O)[C@@H]12. The van der Waals surface area contributed by atoms with Gasteiger partial charge in [0.05, 0.1) is 40.4 Å². The maximum absolute atomic E-state index is 13.2. The second kappa shape index (κ2) is 4.87. The van der Waals surface area contributed by atoms with Crippen molar-refractivity contribution in [2.45, 2.75) is 44.2 Å². The summed E-state index contributed by atoms with van der Waals surface area (Å²) in [5, 5.41) is 9.02. The lowest BCUT2D eigenvalue weighted by Gasteiger charge is -2.32. The highest BCUT2D eigenvalue weighted by atomic mass is 19.1. The highest BCUT2D eigenvalue weighted by Crippen LogP contribution is 2.60. The maximum Gasteiger partial charge on any atom is 0.240 e. The van der Waals surface area contributed by atoms with Gasteiger partial charge in [0.1, 0.15) is 6.67 Å². The average molecular weight is 343 g/mol. The quantitative estimate of drug-likeness (QED) is 0.819. The van der Waals surface area contributed by atoms with Crippen molar-refractivity contribution in [1.29, 1.82) is 5.26 Å². The molecule has 3 aliphatic rings. The van der Waals surface area contributed by atoms with Gasteiger partial charge in [0, 0.05) is 11.6 Å². The molecule has 1 aromatic rings. The van der Waals surface area contributed by atoms with Gasteiger partial charge in [0.15, 0.2) is 0 Å². The fourth-order valence-electron chi connectivity index (χ4n) is 4.80. The minimum atomic E-state index is -0.879. The van der Waals surface area contributed by atoms with Crippen LogP contribution in [0.25, 0.3) is 0 Å². The highest BCUT2D eigenvalue weighted by Gasteiger charge is 2.75. The van der Waals surface area contributed by atoms with Gasteiger partial charge in [-0.1, -0.05) is 0 Å². The second-order valence-corrected chi connectivity index (χ2v) is 7.46. The molecule has 0 aromatic heterocycles. The number of amides is 2. The monoisotopic (exact) mass is 343 g/mol. The van der Waals surface area contributed by atoms with Crippen LogP contribution in [-0.4, -0.2) is 29.1 Å². The van der Waals surface area contributed by atoms with Crippen molar-refractivity contribution in [3.63, 3.8) is 0 Å². The number of anilines is 1. The lowest BCUT2D eigenvalue weighted by molar-refractivity contribution is -0.129. The van der Waals surface area contributed by atoms with Crippen molar-refractivity contribution < 1.29 is 18.7 Å². The summed E-state index contributed by atoms with van der Waals surface area (Å²) in [7, 11) is 0. The maximum atomic E-state index is 13.2. The molecule has 0 radical (unpaired) electrons. The van der Waals surface area contributed by atoms with E-state index in [1.807, 2.05) is 13.0 Å². The summed E-state index contributed by atoms with van der Waals surface area (Å²) in [6.45, 7) is 2.76. The van der Waals surface area contributed by atoms with Gasteiger partial charge < -0.3 is 10.5 Å².